The molecule has 1 saturated heterocycles. The highest BCUT2D eigenvalue weighted by atomic mass is 16.5. The fourth-order valence-electron chi connectivity index (χ4n) is 4.38. The van der Waals surface area contributed by atoms with Crippen LogP contribution < -0.4 is 21.9 Å². The van der Waals surface area contributed by atoms with Crippen molar-refractivity contribution < 1.29 is 9.53 Å². The Morgan fingerprint density at radius 2 is 2.06 bits per heavy atom. The molecular formula is C23H28N8O4. The predicted molar refractivity (Wildman–Crippen MR) is 128 cm³/mol. The Kier molecular flexibility index (Phi) is 6.97. The van der Waals surface area contributed by atoms with E-state index in [1.807, 2.05) is 17.9 Å². The zero-order valence-corrected chi connectivity index (χ0v) is 19.8. The number of imidazole rings is 1. The van der Waals surface area contributed by atoms with Gasteiger partial charge in [0.25, 0.3) is 5.56 Å². The van der Waals surface area contributed by atoms with Crippen molar-refractivity contribution in [2.45, 2.75) is 52.4 Å². The van der Waals surface area contributed by atoms with E-state index in [4.69, 9.17) is 15.7 Å². The van der Waals surface area contributed by atoms with Gasteiger partial charge in [-0.15, -0.1) is 0 Å². The number of ether oxygens (including phenoxy) is 1. The molecule has 2 N–H and O–H groups in total. The third kappa shape index (κ3) is 4.67. The molecule has 1 aliphatic heterocycles. The third-order valence-electron chi connectivity index (χ3n) is 6.02. The number of rotatable bonds is 7. The van der Waals surface area contributed by atoms with E-state index >= 15 is 0 Å². The molecule has 35 heavy (non-hydrogen) atoms. The van der Waals surface area contributed by atoms with E-state index in [1.165, 1.54) is 10.8 Å². The van der Waals surface area contributed by atoms with Gasteiger partial charge in [0.2, 0.25) is 5.95 Å². The van der Waals surface area contributed by atoms with Crippen molar-refractivity contribution in [3.8, 4) is 6.07 Å². The molecule has 1 aliphatic rings. The SMILES string of the molecule is CCOC(=O)Cn1c(=O)n(Cc2ccc(C#N)cn2)c(=O)c2c1nc(N1CCCC(N)C1)n2CC. The van der Waals surface area contributed by atoms with Gasteiger partial charge in [0.1, 0.15) is 12.6 Å². The van der Waals surface area contributed by atoms with Gasteiger partial charge in [0.05, 0.1) is 24.4 Å². The smallest absolute Gasteiger partial charge is 0.333 e. The average Bonchev–Trinajstić information content (AvgIpc) is 3.25. The Morgan fingerprint density at radius 3 is 2.69 bits per heavy atom. The summed E-state index contributed by atoms with van der Waals surface area (Å²) in [5, 5.41) is 9.01. The van der Waals surface area contributed by atoms with E-state index in [0.29, 0.717) is 30.3 Å². The zero-order valence-electron chi connectivity index (χ0n) is 19.8. The van der Waals surface area contributed by atoms with Crippen molar-refractivity contribution >= 4 is 23.1 Å². The molecule has 4 heterocycles. The van der Waals surface area contributed by atoms with Crippen molar-refractivity contribution in [3.05, 3.63) is 50.4 Å². The second-order valence-electron chi connectivity index (χ2n) is 8.39. The van der Waals surface area contributed by atoms with Crippen molar-refractivity contribution in [1.29, 1.82) is 5.26 Å². The summed E-state index contributed by atoms with van der Waals surface area (Å²) in [5.74, 6) is -0.0637. The minimum atomic E-state index is -0.690. The molecule has 0 radical (unpaired) electrons. The van der Waals surface area contributed by atoms with Gasteiger partial charge in [-0.1, -0.05) is 0 Å². The summed E-state index contributed by atoms with van der Waals surface area (Å²) in [5.41, 5.74) is 6.10. The Labute approximate surface area is 201 Å². The van der Waals surface area contributed by atoms with Crippen LogP contribution in [-0.2, 0) is 29.2 Å². The van der Waals surface area contributed by atoms with Gasteiger partial charge in [-0.25, -0.2) is 4.79 Å². The lowest BCUT2D eigenvalue weighted by Crippen LogP contribution is -2.44. The van der Waals surface area contributed by atoms with E-state index in [-0.39, 0.29) is 36.9 Å². The molecule has 184 valence electrons. The Hall–Kier alpha value is -3.98. The van der Waals surface area contributed by atoms with Gasteiger partial charge in [0, 0.05) is 31.9 Å². The number of esters is 1. The lowest BCUT2D eigenvalue weighted by molar-refractivity contribution is -0.143. The highest BCUT2D eigenvalue weighted by Gasteiger charge is 2.27. The van der Waals surface area contributed by atoms with Crippen LogP contribution in [0.5, 0.6) is 0 Å². The van der Waals surface area contributed by atoms with Crippen LogP contribution in [0, 0.1) is 11.3 Å². The van der Waals surface area contributed by atoms with Gasteiger partial charge in [0.15, 0.2) is 11.2 Å². The number of fused-ring (bicyclic) bond motifs is 1. The van der Waals surface area contributed by atoms with Crippen molar-refractivity contribution in [3.63, 3.8) is 0 Å². The van der Waals surface area contributed by atoms with Crippen LogP contribution in [0.4, 0.5) is 5.95 Å². The van der Waals surface area contributed by atoms with Crippen molar-refractivity contribution in [2.75, 3.05) is 24.6 Å². The second kappa shape index (κ2) is 10.1. The molecule has 1 fully saturated rings. The minimum Gasteiger partial charge on any atom is -0.465 e. The first-order valence-electron chi connectivity index (χ1n) is 11.6. The number of hydrogen-bond acceptors (Lipinski definition) is 9. The Balaban J connectivity index is 1.92. The maximum atomic E-state index is 13.6. The normalized spacial score (nSPS) is 15.8. The summed E-state index contributed by atoms with van der Waals surface area (Å²) in [4.78, 5) is 50.3. The molecule has 1 unspecified atom stereocenters. The number of nitriles is 1. The number of pyridine rings is 1. The van der Waals surface area contributed by atoms with Crippen LogP contribution in [0.15, 0.2) is 27.9 Å². The van der Waals surface area contributed by atoms with E-state index in [9.17, 15) is 14.4 Å². The number of carbonyl (C=O) groups excluding carboxylic acids is 1. The fraction of sp³-hybridized carbons (Fsp3) is 0.478. The summed E-state index contributed by atoms with van der Waals surface area (Å²) in [6.45, 7) is 4.95. The zero-order chi connectivity index (χ0) is 25.1. The van der Waals surface area contributed by atoms with Gasteiger partial charge in [-0.05, 0) is 38.8 Å². The number of carbonyl (C=O) groups is 1. The summed E-state index contributed by atoms with van der Waals surface area (Å²) >= 11 is 0. The predicted octanol–water partition coefficient (Wildman–Crippen LogP) is 0.185. The van der Waals surface area contributed by atoms with Crippen LogP contribution in [-0.4, -0.2) is 55.4 Å². The van der Waals surface area contributed by atoms with Crippen molar-refractivity contribution in [2.24, 2.45) is 5.73 Å². The summed E-state index contributed by atoms with van der Waals surface area (Å²) in [7, 11) is 0. The van der Waals surface area contributed by atoms with E-state index in [2.05, 4.69) is 9.97 Å². The van der Waals surface area contributed by atoms with Gasteiger partial charge in [-0.2, -0.15) is 10.2 Å². The lowest BCUT2D eigenvalue weighted by Gasteiger charge is -2.31. The molecule has 0 aromatic carbocycles. The number of hydrogen-bond donors (Lipinski definition) is 1. The lowest BCUT2D eigenvalue weighted by atomic mass is 10.1. The largest absolute Gasteiger partial charge is 0.465 e. The summed E-state index contributed by atoms with van der Waals surface area (Å²) in [6.07, 6.45) is 3.17. The quantitative estimate of drug-likeness (QED) is 0.467. The first kappa shape index (κ1) is 24.2. The second-order valence-corrected chi connectivity index (χ2v) is 8.39. The molecule has 0 bridgehead atoms. The summed E-state index contributed by atoms with van der Waals surface area (Å²) in [6, 6.07) is 5.12. The van der Waals surface area contributed by atoms with Crippen LogP contribution >= 0.6 is 0 Å². The van der Waals surface area contributed by atoms with Gasteiger partial charge >= 0.3 is 11.7 Å². The molecule has 3 aromatic heterocycles. The van der Waals surface area contributed by atoms with Crippen LogP contribution in [0.3, 0.4) is 0 Å². The topological polar surface area (TPSA) is 154 Å². The number of aryl methyl sites for hydroxylation is 1. The Morgan fingerprint density at radius 1 is 1.26 bits per heavy atom. The number of aromatic nitrogens is 5. The van der Waals surface area contributed by atoms with Crippen LogP contribution in [0.25, 0.3) is 11.2 Å². The van der Waals surface area contributed by atoms with Gasteiger partial charge < -0.3 is 19.9 Å². The molecule has 0 spiro atoms. The fourth-order valence-corrected chi connectivity index (χ4v) is 4.38. The highest BCUT2D eigenvalue weighted by molar-refractivity contribution is 5.77. The van der Waals surface area contributed by atoms with Crippen molar-refractivity contribution in [1.82, 2.24) is 23.7 Å². The van der Waals surface area contributed by atoms with Crippen LogP contribution in [0.1, 0.15) is 37.9 Å². The number of nitrogens with zero attached hydrogens (tertiary/aromatic N) is 7. The monoisotopic (exact) mass is 480 g/mol. The Bertz CT molecular complexity index is 1400. The molecule has 1 atom stereocenters. The van der Waals surface area contributed by atoms with E-state index in [1.54, 1.807) is 23.6 Å². The number of piperidine rings is 1. The molecule has 4 rings (SSSR count). The third-order valence-corrected chi connectivity index (χ3v) is 6.02. The summed E-state index contributed by atoms with van der Waals surface area (Å²) < 4.78 is 9.05. The number of anilines is 1. The molecule has 0 saturated carbocycles. The maximum Gasteiger partial charge on any atom is 0.333 e. The standard InChI is InChI=1S/C23H28N8O4/c1-3-29-19-20(27-22(29)28-9-5-6-16(25)12-28)30(14-18(32)35-4-2)23(34)31(21(19)33)13-17-8-7-15(10-24)11-26-17/h7-8,11,16H,3-6,9,12-14,25H2,1-2H3. The maximum absolute atomic E-state index is 13.6. The molecule has 12 heteroatoms. The molecule has 3 aromatic rings. The van der Waals surface area contributed by atoms with E-state index in [0.717, 1.165) is 24.0 Å². The molecule has 12 nitrogen and oxygen atoms in total. The minimum absolute atomic E-state index is 0.0188. The van der Waals surface area contributed by atoms with Gasteiger partial charge in [-0.3, -0.25) is 23.7 Å². The first-order valence-corrected chi connectivity index (χ1v) is 11.6. The molecule has 0 amide bonds. The average molecular weight is 481 g/mol. The number of nitrogens with two attached hydrogens (primary N) is 1. The molecule has 0 aliphatic carbocycles. The first-order chi connectivity index (χ1) is 16.9. The highest BCUT2D eigenvalue weighted by Crippen LogP contribution is 2.23. The van der Waals surface area contributed by atoms with Crippen LogP contribution in [0.2, 0.25) is 0 Å². The molecular weight excluding hydrogens is 452 g/mol. The van der Waals surface area contributed by atoms with E-state index < -0.39 is 17.2 Å².